The predicted molar refractivity (Wildman–Crippen MR) is 99.9 cm³/mol. The van der Waals surface area contributed by atoms with E-state index in [1.807, 2.05) is 6.07 Å². The summed E-state index contributed by atoms with van der Waals surface area (Å²) in [6.07, 6.45) is 5.99. The second kappa shape index (κ2) is 11.1. The van der Waals surface area contributed by atoms with Gasteiger partial charge in [-0.2, -0.15) is 5.10 Å². The number of nitrogens with zero attached hydrogens (tertiary/aromatic N) is 3. The van der Waals surface area contributed by atoms with Crippen LogP contribution in [0.4, 0.5) is 0 Å². The Morgan fingerprint density at radius 1 is 1.48 bits per heavy atom. The molecule has 1 fully saturated rings. The Hall–Kier alpha value is -1.60. The van der Waals surface area contributed by atoms with Crippen LogP contribution in [-0.4, -0.2) is 59.7 Å². The van der Waals surface area contributed by atoms with Crippen molar-refractivity contribution < 1.29 is 9.59 Å². The van der Waals surface area contributed by atoms with Crippen molar-refractivity contribution in [1.29, 1.82) is 0 Å². The number of likely N-dealkylation sites (N-methyl/N-ethyl adjacent to an activating group) is 1. The van der Waals surface area contributed by atoms with Gasteiger partial charge in [-0.25, -0.2) is 0 Å². The third-order valence-corrected chi connectivity index (χ3v) is 4.41. The summed E-state index contributed by atoms with van der Waals surface area (Å²) in [4.78, 5) is 25.7. The van der Waals surface area contributed by atoms with Gasteiger partial charge < -0.3 is 15.5 Å². The molecule has 142 valence electrons. The van der Waals surface area contributed by atoms with E-state index in [-0.39, 0.29) is 37.3 Å². The van der Waals surface area contributed by atoms with E-state index in [1.165, 1.54) is 4.90 Å². The molecule has 1 aliphatic rings. The monoisotopic (exact) mass is 371 g/mol. The van der Waals surface area contributed by atoms with E-state index in [0.29, 0.717) is 12.5 Å². The molecule has 0 bridgehead atoms. The van der Waals surface area contributed by atoms with Gasteiger partial charge in [0.25, 0.3) is 0 Å². The van der Waals surface area contributed by atoms with Crippen LogP contribution >= 0.6 is 12.4 Å². The van der Waals surface area contributed by atoms with Crippen molar-refractivity contribution in [1.82, 2.24) is 25.3 Å². The summed E-state index contributed by atoms with van der Waals surface area (Å²) in [6, 6.07) is 1.99. The minimum absolute atomic E-state index is 0. The summed E-state index contributed by atoms with van der Waals surface area (Å²) < 4.78 is 1.77. The topological polar surface area (TPSA) is 79.3 Å². The molecular weight excluding hydrogens is 342 g/mol. The Morgan fingerprint density at radius 2 is 2.28 bits per heavy atom. The van der Waals surface area contributed by atoms with Gasteiger partial charge in [-0.3, -0.25) is 14.3 Å². The molecule has 1 unspecified atom stereocenters. The number of carbonyl (C=O) groups is 2. The van der Waals surface area contributed by atoms with Crippen LogP contribution in [0.5, 0.6) is 0 Å². The fourth-order valence-electron chi connectivity index (χ4n) is 2.94. The number of carbonyl (C=O) groups excluding carboxylic acids is 2. The van der Waals surface area contributed by atoms with Crippen molar-refractivity contribution in [2.24, 2.45) is 0 Å². The van der Waals surface area contributed by atoms with Crippen molar-refractivity contribution >= 4 is 24.2 Å². The number of halogens is 1. The third-order valence-electron chi connectivity index (χ3n) is 4.41. The van der Waals surface area contributed by atoms with Gasteiger partial charge in [0, 0.05) is 37.9 Å². The van der Waals surface area contributed by atoms with Crippen LogP contribution in [0.2, 0.25) is 0 Å². The van der Waals surface area contributed by atoms with Crippen molar-refractivity contribution in [3.8, 4) is 0 Å². The molecular formula is C17H30ClN5O2. The second-order valence-electron chi connectivity index (χ2n) is 6.41. The predicted octanol–water partition coefficient (Wildman–Crippen LogP) is 1.15. The van der Waals surface area contributed by atoms with E-state index >= 15 is 0 Å². The number of rotatable bonds is 8. The average Bonchev–Trinajstić information content (AvgIpc) is 3.04. The number of piperidine rings is 1. The lowest BCUT2D eigenvalue weighted by molar-refractivity contribution is -0.135. The van der Waals surface area contributed by atoms with Gasteiger partial charge in [0.15, 0.2) is 0 Å². The van der Waals surface area contributed by atoms with E-state index < -0.39 is 0 Å². The third kappa shape index (κ3) is 6.66. The molecule has 1 aliphatic heterocycles. The summed E-state index contributed by atoms with van der Waals surface area (Å²) in [5, 5.41) is 10.5. The van der Waals surface area contributed by atoms with E-state index in [1.54, 1.807) is 17.9 Å². The number of hydrogen-bond donors (Lipinski definition) is 2. The molecule has 0 radical (unpaired) electrons. The number of unbranched alkanes of at least 4 members (excludes halogenated alkanes) is 1. The summed E-state index contributed by atoms with van der Waals surface area (Å²) >= 11 is 0. The fraction of sp³-hybridized carbons (Fsp3) is 0.706. The molecule has 8 heteroatoms. The quantitative estimate of drug-likeness (QED) is 0.672. The molecule has 25 heavy (non-hydrogen) atoms. The Labute approximate surface area is 155 Å². The highest BCUT2D eigenvalue weighted by molar-refractivity contribution is 5.85. The van der Waals surface area contributed by atoms with Crippen LogP contribution in [0.15, 0.2) is 12.3 Å². The smallest absolute Gasteiger partial charge is 0.244 e. The number of hydrogen-bond acceptors (Lipinski definition) is 4. The maximum atomic E-state index is 12.4. The maximum Gasteiger partial charge on any atom is 0.244 e. The van der Waals surface area contributed by atoms with E-state index in [2.05, 4.69) is 22.7 Å². The zero-order valence-electron chi connectivity index (χ0n) is 15.2. The van der Waals surface area contributed by atoms with Crippen molar-refractivity contribution in [2.45, 2.75) is 45.1 Å². The van der Waals surface area contributed by atoms with E-state index in [9.17, 15) is 9.59 Å². The molecule has 1 aromatic rings. The summed E-state index contributed by atoms with van der Waals surface area (Å²) in [5.41, 5.74) is 1.09. The summed E-state index contributed by atoms with van der Waals surface area (Å²) in [7, 11) is 1.66. The fourth-order valence-corrected chi connectivity index (χ4v) is 2.94. The van der Waals surface area contributed by atoms with E-state index in [0.717, 1.165) is 44.5 Å². The summed E-state index contributed by atoms with van der Waals surface area (Å²) in [6.45, 7) is 4.98. The van der Waals surface area contributed by atoms with Crippen molar-refractivity contribution in [2.75, 3.05) is 33.2 Å². The molecule has 1 saturated heterocycles. The van der Waals surface area contributed by atoms with Gasteiger partial charge in [-0.05, 0) is 31.9 Å². The Morgan fingerprint density at radius 3 is 2.96 bits per heavy atom. The van der Waals surface area contributed by atoms with Gasteiger partial charge in [0.2, 0.25) is 11.8 Å². The van der Waals surface area contributed by atoms with Crippen LogP contribution in [0.3, 0.4) is 0 Å². The van der Waals surface area contributed by atoms with Gasteiger partial charge in [-0.15, -0.1) is 12.4 Å². The second-order valence-corrected chi connectivity index (χ2v) is 6.41. The lowest BCUT2D eigenvalue weighted by Gasteiger charge is -2.24. The summed E-state index contributed by atoms with van der Waals surface area (Å²) in [5.74, 6) is 0.183. The molecule has 0 spiro atoms. The highest BCUT2D eigenvalue weighted by atomic mass is 35.5. The minimum atomic E-state index is -0.114. The number of aromatic nitrogens is 2. The lowest BCUT2D eigenvalue weighted by Crippen LogP contribution is -2.40. The highest BCUT2D eigenvalue weighted by Crippen LogP contribution is 2.22. The normalized spacial score (nSPS) is 16.8. The Balaban J connectivity index is 0.00000312. The van der Waals surface area contributed by atoms with Gasteiger partial charge >= 0.3 is 0 Å². The minimum Gasteiger partial charge on any atom is -0.355 e. The SMILES string of the molecule is CCCCNC(=O)CN(C)C(=O)Cn1nccc1C1CCCNC1.Cl. The molecule has 2 heterocycles. The van der Waals surface area contributed by atoms with E-state index in [4.69, 9.17) is 0 Å². The Bertz CT molecular complexity index is 543. The van der Waals surface area contributed by atoms with Gasteiger partial charge in [0.05, 0.1) is 6.54 Å². The molecule has 0 aliphatic carbocycles. The molecule has 2 rings (SSSR count). The van der Waals surface area contributed by atoms with Gasteiger partial charge in [0.1, 0.15) is 6.54 Å². The molecule has 0 aromatic carbocycles. The molecule has 1 aromatic heterocycles. The van der Waals surface area contributed by atoms with Crippen molar-refractivity contribution in [3.63, 3.8) is 0 Å². The molecule has 2 amide bonds. The van der Waals surface area contributed by atoms with Crippen molar-refractivity contribution in [3.05, 3.63) is 18.0 Å². The molecule has 7 nitrogen and oxygen atoms in total. The zero-order valence-corrected chi connectivity index (χ0v) is 16.0. The first-order valence-corrected chi connectivity index (χ1v) is 8.85. The largest absolute Gasteiger partial charge is 0.355 e. The van der Waals surface area contributed by atoms with Crippen LogP contribution in [0.1, 0.15) is 44.2 Å². The number of amides is 2. The van der Waals surface area contributed by atoms with Gasteiger partial charge in [-0.1, -0.05) is 13.3 Å². The first-order valence-electron chi connectivity index (χ1n) is 8.85. The molecule has 0 saturated carbocycles. The first-order chi connectivity index (χ1) is 11.6. The maximum absolute atomic E-state index is 12.4. The first kappa shape index (κ1) is 21.4. The van der Waals surface area contributed by atoms with Crippen LogP contribution < -0.4 is 10.6 Å². The highest BCUT2D eigenvalue weighted by Gasteiger charge is 2.21. The lowest BCUT2D eigenvalue weighted by atomic mass is 9.96. The standard InChI is InChI=1S/C17H29N5O2.ClH/c1-3-4-9-19-16(23)12-21(2)17(24)13-22-15(7-10-20-22)14-6-5-8-18-11-14;/h7,10,14,18H,3-6,8-9,11-13H2,1-2H3,(H,19,23);1H. The van der Waals surface area contributed by atoms with Crippen LogP contribution in [-0.2, 0) is 16.1 Å². The Kier molecular flexibility index (Phi) is 9.52. The zero-order chi connectivity index (χ0) is 17.4. The molecule has 1 atom stereocenters. The van der Waals surface area contributed by atoms with Crippen LogP contribution in [0.25, 0.3) is 0 Å². The molecule has 2 N–H and O–H groups in total. The number of nitrogens with one attached hydrogen (secondary N) is 2. The van der Waals surface area contributed by atoms with Crippen LogP contribution in [0, 0.1) is 0 Å². The average molecular weight is 372 g/mol.